The van der Waals surface area contributed by atoms with Gasteiger partial charge in [0, 0.05) is 42.6 Å². The summed E-state index contributed by atoms with van der Waals surface area (Å²) in [6.07, 6.45) is 3.39. The second-order valence-corrected chi connectivity index (χ2v) is 14.4. The molecule has 2 aromatic heterocycles. The Morgan fingerprint density at radius 1 is 1.06 bits per heavy atom. The minimum absolute atomic E-state index is 0.0698. The lowest BCUT2D eigenvalue weighted by Gasteiger charge is -2.41. The van der Waals surface area contributed by atoms with Crippen molar-refractivity contribution < 1.29 is 24.1 Å². The smallest absolute Gasteiger partial charge is 0.337 e. The van der Waals surface area contributed by atoms with Crippen LogP contribution in [0, 0.1) is 13.8 Å². The van der Waals surface area contributed by atoms with E-state index in [1.165, 1.54) is 0 Å². The fraction of sp³-hybridized carbons (Fsp3) is 0.500. The minimum Gasteiger partial charge on any atom is -0.490 e. The first kappa shape index (κ1) is 33.0. The van der Waals surface area contributed by atoms with Gasteiger partial charge in [0.2, 0.25) is 0 Å². The summed E-state index contributed by atoms with van der Waals surface area (Å²) < 4.78 is 21.1. The SMILES string of the molecule is Cc1cccc2c1-c1cccc(c1)-c1cc3nc(C)c(C(OC(C)(C)C)C(=O)O)c(n3n1)N1CCC(C)(CC1)OCCCCC(C)O2. The van der Waals surface area contributed by atoms with E-state index in [1.807, 2.05) is 44.3 Å². The molecule has 1 N–H and O–H groups in total. The zero-order valence-electron chi connectivity index (χ0n) is 28.8. The topological polar surface area (TPSA) is 98.4 Å². The van der Waals surface area contributed by atoms with Gasteiger partial charge in [0.05, 0.1) is 28.6 Å². The van der Waals surface area contributed by atoms with Crippen molar-refractivity contribution in [1.82, 2.24) is 14.6 Å². The Kier molecular flexibility index (Phi) is 9.06. The van der Waals surface area contributed by atoms with Gasteiger partial charge in [-0.15, -0.1) is 0 Å². The van der Waals surface area contributed by atoms with Crippen molar-refractivity contribution >= 4 is 17.4 Å². The number of carboxylic acids is 1. The quantitative estimate of drug-likeness (QED) is 0.241. The fourth-order valence-electron chi connectivity index (χ4n) is 6.86. The number of anilines is 1. The molecule has 9 nitrogen and oxygen atoms in total. The molecular formula is C38H48N4O5. The van der Waals surface area contributed by atoms with Crippen LogP contribution in [0.2, 0.25) is 0 Å². The lowest BCUT2D eigenvalue weighted by atomic mass is 9.92. The molecule has 1 saturated heterocycles. The number of hydrogen-bond donors (Lipinski definition) is 1. The van der Waals surface area contributed by atoms with Gasteiger partial charge in [-0.3, -0.25) is 0 Å². The first-order valence-electron chi connectivity index (χ1n) is 16.9. The lowest BCUT2D eigenvalue weighted by molar-refractivity contribution is -0.160. The molecule has 7 rings (SSSR count). The Balaban J connectivity index is 1.54. The van der Waals surface area contributed by atoms with Gasteiger partial charge in [0.25, 0.3) is 0 Å². The second kappa shape index (κ2) is 12.9. The van der Waals surface area contributed by atoms with Crippen molar-refractivity contribution in [3.8, 4) is 28.1 Å². The van der Waals surface area contributed by atoms with Crippen molar-refractivity contribution in [3.05, 3.63) is 65.4 Å². The zero-order valence-corrected chi connectivity index (χ0v) is 28.8. The molecule has 2 unspecified atom stereocenters. The Morgan fingerprint density at radius 3 is 2.51 bits per heavy atom. The molecule has 9 heteroatoms. The molecule has 0 radical (unpaired) electrons. The number of benzene rings is 2. The molecule has 2 atom stereocenters. The van der Waals surface area contributed by atoms with E-state index in [9.17, 15) is 9.90 Å². The Labute approximate surface area is 277 Å². The van der Waals surface area contributed by atoms with E-state index in [0.29, 0.717) is 42.4 Å². The summed E-state index contributed by atoms with van der Waals surface area (Å²) in [7, 11) is 0. The van der Waals surface area contributed by atoms with E-state index in [-0.39, 0.29) is 11.7 Å². The number of aliphatic carboxylic acids is 1. The van der Waals surface area contributed by atoms with Gasteiger partial charge in [-0.25, -0.2) is 9.78 Å². The molecular weight excluding hydrogens is 592 g/mol. The highest BCUT2D eigenvalue weighted by atomic mass is 16.5. The summed E-state index contributed by atoms with van der Waals surface area (Å²) >= 11 is 0. The van der Waals surface area contributed by atoms with E-state index in [1.54, 1.807) is 0 Å². The molecule has 1 fully saturated rings. The number of piperidine rings is 1. The Hall–Kier alpha value is -3.95. The third-order valence-electron chi connectivity index (χ3n) is 9.35. The van der Waals surface area contributed by atoms with Crippen LogP contribution in [-0.4, -0.2) is 62.7 Å². The van der Waals surface area contributed by atoms with E-state index >= 15 is 0 Å². The highest BCUT2D eigenvalue weighted by molar-refractivity contribution is 5.80. The summed E-state index contributed by atoms with van der Waals surface area (Å²) in [5.41, 5.74) is 5.80. The Bertz CT molecular complexity index is 1770. The predicted octanol–water partition coefficient (Wildman–Crippen LogP) is 7.95. The molecule has 4 aromatic rings. The lowest BCUT2D eigenvalue weighted by Crippen LogP contribution is -2.46. The van der Waals surface area contributed by atoms with Crippen LogP contribution in [0.1, 0.15) is 89.6 Å². The van der Waals surface area contributed by atoms with Crippen molar-refractivity contribution in [2.45, 2.75) is 104 Å². The van der Waals surface area contributed by atoms with Crippen LogP contribution in [0.25, 0.3) is 28.0 Å². The highest BCUT2D eigenvalue weighted by Gasteiger charge is 2.38. The van der Waals surface area contributed by atoms with E-state index in [0.717, 1.165) is 65.8 Å². The van der Waals surface area contributed by atoms with Crippen LogP contribution in [0.3, 0.4) is 0 Å². The third kappa shape index (κ3) is 7.02. The summed E-state index contributed by atoms with van der Waals surface area (Å²) in [4.78, 5) is 20.0. The first-order valence-corrected chi connectivity index (χ1v) is 16.9. The summed E-state index contributed by atoms with van der Waals surface area (Å²) in [6.45, 7) is 16.0. The van der Waals surface area contributed by atoms with Crippen LogP contribution in [-0.2, 0) is 14.3 Å². The molecule has 3 aliphatic rings. The van der Waals surface area contributed by atoms with E-state index in [4.69, 9.17) is 24.3 Å². The molecule has 0 saturated carbocycles. The summed E-state index contributed by atoms with van der Waals surface area (Å²) in [5, 5.41) is 15.6. The number of ether oxygens (including phenoxy) is 3. The van der Waals surface area contributed by atoms with Crippen LogP contribution in [0.15, 0.2) is 48.5 Å². The first-order chi connectivity index (χ1) is 22.3. The molecule has 250 valence electrons. The average molecular weight is 641 g/mol. The maximum Gasteiger partial charge on any atom is 0.337 e. The standard InChI is InChI=1S/C38H48N4O5/c1-24-12-10-16-30-32(24)28-15-11-14-27(22-28)29-23-31-39-26(3)33(34(36(43)44)47-37(4,5)6)35(42(31)40-29)41-19-17-38(7,18-20-41)45-21-9-8-13-25(2)46-30/h10-12,14-16,22-23,25,34H,8-9,13,17-21H2,1-7H3,(H,43,44). The normalized spacial score (nSPS) is 21.3. The number of aromatic nitrogens is 3. The largest absolute Gasteiger partial charge is 0.490 e. The number of nitrogens with zero attached hydrogens (tertiary/aromatic N) is 4. The third-order valence-corrected chi connectivity index (χ3v) is 9.35. The molecule has 0 amide bonds. The monoisotopic (exact) mass is 640 g/mol. The molecule has 3 aliphatic heterocycles. The van der Waals surface area contributed by atoms with Crippen molar-refractivity contribution in [2.75, 3.05) is 24.6 Å². The molecule has 47 heavy (non-hydrogen) atoms. The van der Waals surface area contributed by atoms with Crippen LogP contribution >= 0.6 is 0 Å². The maximum atomic E-state index is 12.8. The maximum absolute atomic E-state index is 12.8. The zero-order chi connectivity index (χ0) is 33.5. The minimum atomic E-state index is -1.21. The molecule has 2 aromatic carbocycles. The number of carboxylic acid groups (broad SMARTS) is 1. The number of rotatable bonds is 3. The van der Waals surface area contributed by atoms with Crippen LogP contribution in [0.4, 0.5) is 5.82 Å². The number of hydrogen-bond acceptors (Lipinski definition) is 7. The van der Waals surface area contributed by atoms with E-state index < -0.39 is 17.7 Å². The van der Waals surface area contributed by atoms with Crippen molar-refractivity contribution in [3.63, 3.8) is 0 Å². The fourth-order valence-corrected chi connectivity index (χ4v) is 6.86. The number of fused-ring (bicyclic) bond motifs is 8. The Morgan fingerprint density at radius 2 is 1.79 bits per heavy atom. The van der Waals surface area contributed by atoms with Gasteiger partial charge in [0.1, 0.15) is 11.6 Å². The van der Waals surface area contributed by atoms with Crippen LogP contribution < -0.4 is 9.64 Å². The number of aryl methyl sites for hydroxylation is 2. The van der Waals surface area contributed by atoms with Gasteiger partial charge in [-0.05, 0) is 104 Å². The van der Waals surface area contributed by atoms with Crippen LogP contribution in [0.5, 0.6) is 5.75 Å². The van der Waals surface area contributed by atoms with Gasteiger partial charge < -0.3 is 24.2 Å². The molecule has 0 spiro atoms. The number of carbonyl (C=O) groups is 1. The highest BCUT2D eigenvalue weighted by Crippen LogP contribution is 2.40. The van der Waals surface area contributed by atoms with Gasteiger partial charge >= 0.3 is 5.97 Å². The molecule has 6 bridgehead atoms. The summed E-state index contributed by atoms with van der Waals surface area (Å²) in [5.74, 6) is 0.532. The van der Waals surface area contributed by atoms with E-state index in [2.05, 4.69) is 62.1 Å². The molecule has 0 aliphatic carbocycles. The summed E-state index contributed by atoms with van der Waals surface area (Å²) in [6, 6.07) is 16.6. The van der Waals surface area contributed by atoms with Gasteiger partial charge in [-0.2, -0.15) is 9.61 Å². The van der Waals surface area contributed by atoms with Crippen molar-refractivity contribution in [2.24, 2.45) is 0 Å². The second-order valence-electron chi connectivity index (χ2n) is 14.4. The average Bonchev–Trinajstić information content (AvgIpc) is 3.43. The predicted molar refractivity (Wildman–Crippen MR) is 184 cm³/mol. The van der Waals surface area contributed by atoms with Crippen molar-refractivity contribution in [1.29, 1.82) is 0 Å². The molecule has 5 heterocycles. The van der Waals surface area contributed by atoms with Gasteiger partial charge in [0.15, 0.2) is 11.8 Å². The van der Waals surface area contributed by atoms with Gasteiger partial charge in [-0.1, -0.05) is 30.3 Å².